The summed E-state index contributed by atoms with van der Waals surface area (Å²) < 4.78 is 13.3. The summed E-state index contributed by atoms with van der Waals surface area (Å²) in [5.41, 5.74) is 12.1. The molecule has 1 unspecified atom stereocenters. The number of nitrogen functional groups attached to an aromatic ring is 1. The highest BCUT2D eigenvalue weighted by Gasteiger charge is 2.26. The number of pyridine rings is 1. The summed E-state index contributed by atoms with van der Waals surface area (Å²) >= 11 is 6.56. The van der Waals surface area contributed by atoms with Crippen molar-refractivity contribution < 1.29 is 14.3 Å². The number of anilines is 1. The smallest absolute Gasteiger partial charge is 0.323 e. The Morgan fingerprint density at radius 3 is 2.59 bits per heavy atom. The fourth-order valence-corrected chi connectivity index (χ4v) is 6.31. The number of nitrogens with one attached hydrogen (secondary N) is 1. The van der Waals surface area contributed by atoms with Gasteiger partial charge in [0.25, 0.3) is 0 Å². The van der Waals surface area contributed by atoms with Crippen LogP contribution in [-0.4, -0.2) is 51.3 Å². The Labute approximate surface area is 276 Å². The molecular formula is C36H43ClN6O3. The van der Waals surface area contributed by atoms with Gasteiger partial charge in [0.15, 0.2) is 0 Å². The molecule has 10 heteroatoms. The molecule has 1 fully saturated rings. The number of benzene rings is 1. The van der Waals surface area contributed by atoms with Crippen LogP contribution in [0.5, 0.6) is 5.75 Å². The van der Waals surface area contributed by atoms with E-state index in [4.69, 9.17) is 26.8 Å². The van der Waals surface area contributed by atoms with Crippen LogP contribution in [0.1, 0.15) is 79.5 Å². The number of hydrogen-bond acceptors (Lipinski definition) is 8. The SMILES string of the molecule is COc1c(C)cnc(Cn2cc(C#Cc3ccc(CCNC(CC(C)C)C(=O)OC4CCCC4)cc3)c3c(Cl)nc(N)nc32)c1C. The molecule has 0 amide bonds. The second kappa shape index (κ2) is 15.0. The van der Waals surface area contributed by atoms with Crippen LogP contribution in [-0.2, 0) is 22.5 Å². The van der Waals surface area contributed by atoms with E-state index in [1.807, 2.05) is 36.7 Å². The summed E-state index contributed by atoms with van der Waals surface area (Å²) in [4.78, 5) is 26.2. The third-order valence-corrected chi connectivity index (χ3v) is 8.71. The van der Waals surface area contributed by atoms with Crippen LogP contribution in [0.15, 0.2) is 36.7 Å². The van der Waals surface area contributed by atoms with Crippen molar-refractivity contribution >= 4 is 34.6 Å². The fourth-order valence-electron chi connectivity index (χ4n) is 6.04. The molecule has 4 aromatic rings. The molecule has 1 saturated carbocycles. The number of nitrogens with two attached hydrogens (primary N) is 1. The molecule has 5 rings (SSSR count). The Morgan fingerprint density at radius 2 is 1.89 bits per heavy atom. The minimum absolute atomic E-state index is 0.0781. The number of esters is 1. The van der Waals surface area contributed by atoms with Crippen molar-refractivity contribution in [3.8, 4) is 17.6 Å². The maximum Gasteiger partial charge on any atom is 0.323 e. The van der Waals surface area contributed by atoms with Crippen LogP contribution in [0, 0.1) is 31.6 Å². The normalized spacial score (nSPS) is 14.0. The quantitative estimate of drug-likeness (QED) is 0.113. The van der Waals surface area contributed by atoms with Gasteiger partial charge in [-0.25, -0.2) is 4.98 Å². The third kappa shape index (κ3) is 7.98. The van der Waals surface area contributed by atoms with Gasteiger partial charge >= 0.3 is 5.97 Å². The molecule has 3 heterocycles. The maximum absolute atomic E-state index is 12.8. The van der Waals surface area contributed by atoms with Crippen LogP contribution < -0.4 is 15.8 Å². The van der Waals surface area contributed by atoms with Gasteiger partial charge in [-0.2, -0.15) is 4.98 Å². The van der Waals surface area contributed by atoms with E-state index in [2.05, 4.69) is 58.1 Å². The third-order valence-electron chi connectivity index (χ3n) is 8.44. The zero-order valence-corrected chi connectivity index (χ0v) is 28.1. The predicted molar refractivity (Wildman–Crippen MR) is 182 cm³/mol. The summed E-state index contributed by atoms with van der Waals surface area (Å²) in [5, 5.41) is 4.34. The van der Waals surface area contributed by atoms with Crippen LogP contribution in [0.25, 0.3) is 11.0 Å². The second-order valence-corrected chi connectivity index (χ2v) is 12.8. The van der Waals surface area contributed by atoms with Gasteiger partial charge in [-0.15, -0.1) is 0 Å². The largest absolute Gasteiger partial charge is 0.496 e. The van der Waals surface area contributed by atoms with Gasteiger partial charge in [-0.3, -0.25) is 9.78 Å². The van der Waals surface area contributed by atoms with Gasteiger partial charge in [0, 0.05) is 29.1 Å². The summed E-state index contributed by atoms with van der Waals surface area (Å²) in [6.45, 7) is 9.34. The van der Waals surface area contributed by atoms with Crippen molar-refractivity contribution in [2.24, 2.45) is 5.92 Å². The van der Waals surface area contributed by atoms with Gasteiger partial charge in [0.2, 0.25) is 5.95 Å². The van der Waals surface area contributed by atoms with Crippen molar-refractivity contribution in [1.82, 2.24) is 24.8 Å². The molecular weight excluding hydrogens is 600 g/mol. The van der Waals surface area contributed by atoms with E-state index in [9.17, 15) is 4.79 Å². The molecule has 0 spiro atoms. The average molecular weight is 643 g/mol. The molecule has 0 radical (unpaired) electrons. The van der Waals surface area contributed by atoms with E-state index in [0.717, 1.165) is 72.2 Å². The molecule has 46 heavy (non-hydrogen) atoms. The highest BCUT2D eigenvalue weighted by molar-refractivity contribution is 6.34. The van der Waals surface area contributed by atoms with E-state index >= 15 is 0 Å². The molecule has 9 nitrogen and oxygen atoms in total. The number of carbonyl (C=O) groups excluding carboxylic acids is 1. The Kier molecular flexibility index (Phi) is 10.8. The number of methoxy groups -OCH3 is 1. The van der Waals surface area contributed by atoms with Crippen LogP contribution >= 0.6 is 11.6 Å². The van der Waals surface area contributed by atoms with E-state index in [1.54, 1.807) is 13.3 Å². The number of halogens is 1. The molecule has 242 valence electrons. The van der Waals surface area contributed by atoms with Crippen LogP contribution in [0.4, 0.5) is 5.95 Å². The van der Waals surface area contributed by atoms with E-state index < -0.39 is 0 Å². The van der Waals surface area contributed by atoms with Gasteiger partial charge in [0.1, 0.15) is 28.7 Å². The zero-order valence-electron chi connectivity index (χ0n) is 27.3. The maximum atomic E-state index is 12.8. The predicted octanol–water partition coefficient (Wildman–Crippen LogP) is 6.17. The first kappa shape index (κ1) is 33.2. The summed E-state index contributed by atoms with van der Waals surface area (Å²) in [6.07, 6.45) is 9.58. The van der Waals surface area contributed by atoms with Gasteiger partial charge < -0.3 is 25.1 Å². The Bertz CT molecular complexity index is 1750. The zero-order chi connectivity index (χ0) is 32.8. The van der Waals surface area contributed by atoms with Crippen LogP contribution in [0.2, 0.25) is 5.15 Å². The van der Waals surface area contributed by atoms with Gasteiger partial charge in [-0.1, -0.05) is 49.4 Å². The van der Waals surface area contributed by atoms with E-state index in [-0.39, 0.29) is 29.2 Å². The van der Waals surface area contributed by atoms with E-state index in [1.165, 1.54) is 0 Å². The molecule has 1 atom stereocenters. The summed E-state index contributed by atoms with van der Waals surface area (Å²) in [5.74, 6) is 7.71. The molecule has 1 aliphatic carbocycles. The van der Waals surface area contributed by atoms with E-state index in [0.29, 0.717) is 35.6 Å². The van der Waals surface area contributed by atoms with Crippen molar-refractivity contribution in [3.63, 3.8) is 0 Å². The lowest BCUT2D eigenvalue weighted by molar-refractivity contribution is -0.151. The number of fused-ring (bicyclic) bond motifs is 1. The number of aryl methyl sites for hydroxylation is 1. The van der Waals surface area contributed by atoms with Gasteiger partial charge in [0.05, 0.1) is 30.3 Å². The molecule has 3 N–H and O–H groups in total. The lowest BCUT2D eigenvalue weighted by atomic mass is 10.0. The molecule has 1 aliphatic rings. The fraction of sp³-hybridized carbons (Fsp3) is 0.444. The Morgan fingerprint density at radius 1 is 1.15 bits per heavy atom. The van der Waals surface area contributed by atoms with Crippen LogP contribution in [0.3, 0.4) is 0 Å². The Balaban J connectivity index is 1.28. The monoisotopic (exact) mass is 642 g/mol. The van der Waals surface area contributed by atoms with Crippen molar-refractivity contribution in [1.29, 1.82) is 0 Å². The number of ether oxygens (including phenoxy) is 2. The lowest BCUT2D eigenvalue weighted by Crippen LogP contribution is -2.41. The first-order chi connectivity index (χ1) is 22.1. The Hall–Kier alpha value is -4.13. The highest BCUT2D eigenvalue weighted by atomic mass is 35.5. The molecule has 3 aromatic heterocycles. The van der Waals surface area contributed by atoms with Crippen molar-refractivity contribution in [2.45, 2.75) is 84.9 Å². The summed E-state index contributed by atoms with van der Waals surface area (Å²) in [7, 11) is 1.66. The molecule has 0 saturated heterocycles. The number of nitrogens with zero attached hydrogens (tertiary/aromatic N) is 4. The number of aromatic nitrogens is 4. The topological polar surface area (TPSA) is 117 Å². The van der Waals surface area contributed by atoms with Crippen molar-refractivity contribution in [3.05, 3.63) is 75.3 Å². The first-order valence-electron chi connectivity index (χ1n) is 16.0. The lowest BCUT2D eigenvalue weighted by Gasteiger charge is -2.21. The molecule has 0 aliphatic heterocycles. The average Bonchev–Trinajstić information content (AvgIpc) is 3.65. The standard InChI is InChI=1S/C36H43ClN6O3/c1-22(2)18-29(35(44)46-28-8-6-7-9-28)39-17-16-26-12-10-25(11-13-26)14-15-27-20-43(34-31(27)33(37)41-36(38)42-34)21-30-24(4)32(45-5)23(3)19-40-30/h10-13,19-20,22,28-29,39H,6-9,16-18,21H2,1-5H3,(H2,38,41,42). The minimum Gasteiger partial charge on any atom is -0.496 e. The van der Waals surface area contributed by atoms with Crippen molar-refractivity contribution in [2.75, 3.05) is 19.4 Å². The minimum atomic E-state index is -0.285. The first-order valence-corrected chi connectivity index (χ1v) is 16.4. The molecule has 0 bridgehead atoms. The number of hydrogen-bond donors (Lipinski definition) is 2. The van der Waals surface area contributed by atoms with Gasteiger partial charge in [-0.05, 0) is 82.5 Å². The number of rotatable bonds is 11. The second-order valence-electron chi connectivity index (χ2n) is 12.5. The highest BCUT2D eigenvalue weighted by Crippen LogP contribution is 2.29. The summed E-state index contributed by atoms with van der Waals surface area (Å²) in [6, 6.07) is 7.86. The number of carbonyl (C=O) groups is 1. The molecule has 1 aromatic carbocycles.